The monoisotopic (exact) mass is 510 g/mol. The predicted molar refractivity (Wildman–Crippen MR) is 112 cm³/mol. The molecular formula is C18H16Br2N4O2S. The van der Waals surface area contributed by atoms with Gasteiger partial charge in [0.15, 0.2) is 15.6 Å². The van der Waals surface area contributed by atoms with Gasteiger partial charge in [0.05, 0.1) is 9.83 Å². The van der Waals surface area contributed by atoms with E-state index >= 15 is 0 Å². The zero-order valence-electron chi connectivity index (χ0n) is 14.4. The van der Waals surface area contributed by atoms with E-state index in [1.165, 1.54) is 0 Å². The van der Waals surface area contributed by atoms with Crippen molar-refractivity contribution in [3.05, 3.63) is 55.8 Å². The molecule has 1 N–H and O–H groups in total. The number of nitrogens with one attached hydrogen (secondary N) is 1. The van der Waals surface area contributed by atoms with Crippen molar-refractivity contribution in [3.63, 3.8) is 0 Å². The molecule has 4 rings (SSSR count). The lowest BCUT2D eigenvalue weighted by Gasteiger charge is -2.32. The number of nitrogens with zero attached hydrogens (tertiary/aromatic N) is 3. The molecule has 2 aromatic rings. The summed E-state index contributed by atoms with van der Waals surface area (Å²) < 4.78 is 7.17. The smallest absolute Gasteiger partial charge is 0.276 e. The molecule has 0 fully saturated rings. The van der Waals surface area contributed by atoms with Crippen molar-refractivity contribution >= 4 is 60.4 Å². The second-order valence-corrected chi connectivity index (χ2v) is 8.70. The molecule has 0 saturated carbocycles. The first kappa shape index (κ1) is 18.8. The average Bonchev–Trinajstić information content (AvgIpc) is 2.99. The highest BCUT2D eigenvalue weighted by Gasteiger charge is 2.36. The van der Waals surface area contributed by atoms with Crippen LogP contribution in [0.5, 0.6) is 0 Å². The van der Waals surface area contributed by atoms with Crippen molar-refractivity contribution in [2.75, 3.05) is 5.75 Å². The van der Waals surface area contributed by atoms with Gasteiger partial charge in [0.2, 0.25) is 6.17 Å². The maximum absolute atomic E-state index is 12.9. The summed E-state index contributed by atoms with van der Waals surface area (Å²) in [6.45, 7) is 2.14. The highest BCUT2D eigenvalue weighted by atomic mass is 79.9. The van der Waals surface area contributed by atoms with Crippen LogP contribution in [0, 0.1) is 0 Å². The van der Waals surface area contributed by atoms with E-state index in [1.54, 1.807) is 16.8 Å². The fourth-order valence-electron chi connectivity index (χ4n) is 2.88. The zero-order valence-corrected chi connectivity index (χ0v) is 18.4. The van der Waals surface area contributed by atoms with Crippen LogP contribution in [0.4, 0.5) is 0 Å². The fraction of sp³-hybridized carbons (Fsp3) is 0.278. The minimum atomic E-state index is -0.551. The van der Waals surface area contributed by atoms with Gasteiger partial charge in [-0.1, -0.05) is 43.3 Å². The van der Waals surface area contributed by atoms with E-state index in [4.69, 9.17) is 9.41 Å². The van der Waals surface area contributed by atoms with Crippen LogP contribution in [-0.4, -0.2) is 21.8 Å². The lowest BCUT2D eigenvalue weighted by Crippen LogP contribution is -2.50. The summed E-state index contributed by atoms with van der Waals surface area (Å²) in [6, 6.07) is 9.41. The lowest BCUT2D eigenvalue weighted by atomic mass is 10.1. The molecule has 140 valence electrons. The number of halogens is 2. The molecule has 1 aromatic carbocycles. The van der Waals surface area contributed by atoms with Gasteiger partial charge in [-0.05, 0) is 50.4 Å². The van der Waals surface area contributed by atoms with Crippen molar-refractivity contribution in [1.29, 1.82) is 0 Å². The van der Waals surface area contributed by atoms with E-state index < -0.39 is 6.17 Å². The molecule has 0 spiro atoms. The molecule has 27 heavy (non-hydrogen) atoms. The number of para-hydroxylation sites is 1. The number of benzene rings is 1. The molecule has 2 aliphatic rings. The molecule has 6 nitrogen and oxygen atoms in total. The molecular weight excluding hydrogens is 496 g/mol. The van der Waals surface area contributed by atoms with E-state index in [0.29, 0.717) is 21.3 Å². The van der Waals surface area contributed by atoms with E-state index in [-0.39, 0.29) is 5.91 Å². The van der Waals surface area contributed by atoms with Gasteiger partial charge in [-0.3, -0.25) is 10.1 Å². The highest BCUT2D eigenvalue weighted by molar-refractivity contribution is 9.13. The summed E-state index contributed by atoms with van der Waals surface area (Å²) in [4.78, 5) is 17.7. The maximum atomic E-state index is 12.9. The third kappa shape index (κ3) is 3.60. The number of carbonyl (C=O) groups is 1. The molecule has 0 saturated heterocycles. The molecule has 3 heterocycles. The normalized spacial score (nSPS) is 18.4. The van der Waals surface area contributed by atoms with E-state index in [2.05, 4.69) is 49.2 Å². The standard InChI is InChI=1S/C18H16Br2N4O2S/c1-2-3-8-27-18-22-17(25)14-10-6-4-5-7-12(10)21-16(24(14)23-18)13-9-11(19)15(20)26-13/h4-7,9,16H,2-3,8H2,1H3,(H,22,23,25)/t16-/m1/s1. The number of amides is 1. The minimum absolute atomic E-state index is 0.180. The largest absolute Gasteiger partial charge is 0.449 e. The summed E-state index contributed by atoms with van der Waals surface area (Å²) >= 11 is 8.35. The van der Waals surface area contributed by atoms with Crippen LogP contribution in [0.2, 0.25) is 0 Å². The number of hydrogen-bond acceptors (Lipinski definition) is 6. The summed E-state index contributed by atoms with van der Waals surface area (Å²) in [5, 5.41) is 11.3. The summed E-state index contributed by atoms with van der Waals surface area (Å²) in [6.07, 6.45) is 1.60. The Bertz CT molecular complexity index is 1030. The number of fused-ring (bicyclic) bond motifs is 2. The van der Waals surface area contributed by atoms with Crippen molar-refractivity contribution in [1.82, 2.24) is 10.3 Å². The van der Waals surface area contributed by atoms with Crippen LogP contribution in [0.3, 0.4) is 0 Å². The Kier molecular flexibility index (Phi) is 5.43. The zero-order chi connectivity index (χ0) is 19.0. The van der Waals surface area contributed by atoms with E-state index in [9.17, 15) is 4.79 Å². The number of carbonyl (C=O) groups excluding carboxylic acids is 1. The number of hydrogen-bond donors (Lipinski definition) is 1. The second kappa shape index (κ2) is 7.81. The Morgan fingerprint density at radius 1 is 1.33 bits per heavy atom. The summed E-state index contributed by atoms with van der Waals surface area (Å²) in [5.41, 5.74) is 0.481. The topological polar surface area (TPSA) is 70.2 Å². The van der Waals surface area contributed by atoms with Crippen LogP contribution >= 0.6 is 43.6 Å². The van der Waals surface area contributed by atoms with E-state index in [0.717, 1.165) is 33.6 Å². The number of unbranched alkanes of at least 4 members (excludes halogenated alkanes) is 1. The predicted octanol–water partition coefficient (Wildman–Crippen LogP) is 3.48. The number of rotatable bonds is 4. The number of hydrazone groups is 1. The van der Waals surface area contributed by atoms with Crippen LogP contribution < -0.4 is 15.9 Å². The summed E-state index contributed by atoms with van der Waals surface area (Å²) in [5.74, 6) is 1.31. The van der Waals surface area contributed by atoms with Crippen LogP contribution in [0.25, 0.3) is 5.70 Å². The van der Waals surface area contributed by atoms with Crippen molar-refractivity contribution in [2.24, 2.45) is 10.1 Å². The van der Waals surface area contributed by atoms with Gasteiger partial charge in [-0.25, -0.2) is 10.0 Å². The Balaban J connectivity index is 1.84. The molecule has 0 aliphatic carbocycles. The Morgan fingerprint density at radius 2 is 2.15 bits per heavy atom. The lowest BCUT2D eigenvalue weighted by molar-refractivity contribution is -0.116. The average molecular weight is 512 g/mol. The highest BCUT2D eigenvalue weighted by Crippen LogP contribution is 2.36. The number of amidine groups is 1. The number of furan rings is 1. The Hall–Kier alpha value is -1.58. The number of thioether (sulfide) groups is 1. The third-order valence-corrected chi connectivity index (χ3v) is 6.83. The van der Waals surface area contributed by atoms with Crippen molar-refractivity contribution in [3.8, 4) is 0 Å². The van der Waals surface area contributed by atoms with Gasteiger partial charge in [0, 0.05) is 11.0 Å². The molecule has 9 heteroatoms. The molecule has 0 radical (unpaired) electrons. The van der Waals surface area contributed by atoms with Crippen molar-refractivity contribution < 1.29 is 9.21 Å². The molecule has 0 unspecified atom stereocenters. The van der Waals surface area contributed by atoms with Gasteiger partial charge < -0.3 is 4.42 Å². The fourth-order valence-corrected chi connectivity index (χ4v) is 4.43. The van der Waals surface area contributed by atoms with Crippen molar-refractivity contribution in [2.45, 2.75) is 25.9 Å². The van der Waals surface area contributed by atoms with Gasteiger partial charge >= 0.3 is 0 Å². The van der Waals surface area contributed by atoms with Gasteiger partial charge in [-0.2, -0.15) is 0 Å². The van der Waals surface area contributed by atoms with Gasteiger partial charge in [-0.15, -0.1) is 5.10 Å². The third-order valence-electron chi connectivity index (χ3n) is 4.17. The second-order valence-electron chi connectivity index (χ2n) is 6.04. The minimum Gasteiger partial charge on any atom is -0.449 e. The molecule has 2 aliphatic heterocycles. The quantitative estimate of drug-likeness (QED) is 0.638. The molecule has 1 amide bonds. The first-order valence-corrected chi connectivity index (χ1v) is 11.1. The SMILES string of the molecule is CCCCSC1=NN2C(=c3ccccc3=N[C@H]2c2cc(Br)c(Br)o2)C(=O)N1. The molecule has 1 aromatic heterocycles. The van der Waals surface area contributed by atoms with Gasteiger partial charge in [0.25, 0.3) is 5.91 Å². The van der Waals surface area contributed by atoms with Crippen LogP contribution in [0.1, 0.15) is 31.7 Å². The van der Waals surface area contributed by atoms with Crippen LogP contribution in [0.15, 0.2) is 54.0 Å². The Labute approximate surface area is 177 Å². The molecule has 1 atom stereocenters. The summed E-state index contributed by atoms with van der Waals surface area (Å²) in [7, 11) is 0. The first-order chi connectivity index (χ1) is 13.1. The van der Waals surface area contributed by atoms with E-state index in [1.807, 2.05) is 30.3 Å². The molecule has 0 bridgehead atoms. The maximum Gasteiger partial charge on any atom is 0.276 e. The first-order valence-electron chi connectivity index (χ1n) is 8.52. The Morgan fingerprint density at radius 3 is 2.89 bits per heavy atom. The van der Waals surface area contributed by atoms with Gasteiger partial charge in [0.1, 0.15) is 5.70 Å². The van der Waals surface area contributed by atoms with Crippen LogP contribution in [-0.2, 0) is 4.79 Å².